The Morgan fingerprint density at radius 2 is 1.41 bits per heavy atom. The van der Waals surface area contributed by atoms with Gasteiger partial charge in [0.2, 0.25) is 0 Å². The van der Waals surface area contributed by atoms with Crippen LogP contribution in [0.1, 0.15) is 90.4 Å². The first-order valence-electron chi connectivity index (χ1n) is 9.18. The Balaban J connectivity index is 3.37. The maximum Gasteiger partial charge on any atom is 0.333 e. The first-order chi connectivity index (χ1) is 10.7. The standard InChI is InChI=1S/C19H36O3/c1-3-4-5-6-7-8-9-12-15-18(2)19(21)22-17-14-11-10-13-16-20/h20H,2-17H2,1H3. The van der Waals surface area contributed by atoms with Crippen LogP contribution in [0, 0.1) is 0 Å². The first-order valence-corrected chi connectivity index (χ1v) is 9.18. The van der Waals surface area contributed by atoms with E-state index in [9.17, 15) is 4.79 Å². The third-order valence-corrected chi connectivity index (χ3v) is 3.91. The minimum atomic E-state index is -0.231. The van der Waals surface area contributed by atoms with Crippen LogP contribution in [-0.4, -0.2) is 24.3 Å². The number of rotatable bonds is 16. The van der Waals surface area contributed by atoms with Crippen molar-refractivity contribution >= 4 is 5.97 Å². The zero-order valence-corrected chi connectivity index (χ0v) is 14.6. The summed E-state index contributed by atoms with van der Waals surface area (Å²) in [5, 5.41) is 8.66. The molecule has 22 heavy (non-hydrogen) atoms. The van der Waals surface area contributed by atoms with Gasteiger partial charge in [-0.05, 0) is 32.1 Å². The normalized spacial score (nSPS) is 10.6. The van der Waals surface area contributed by atoms with Crippen molar-refractivity contribution in [1.82, 2.24) is 0 Å². The van der Waals surface area contributed by atoms with Crippen molar-refractivity contribution in [2.45, 2.75) is 90.4 Å². The summed E-state index contributed by atoms with van der Waals surface area (Å²) in [6, 6.07) is 0. The smallest absolute Gasteiger partial charge is 0.333 e. The molecule has 0 aliphatic carbocycles. The molecular formula is C19H36O3. The molecule has 0 saturated carbocycles. The average molecular weight is 312 g/mol. The van der Waals surface area contributed by atoms with Gasteiger partial charge in [-0.2, -0.15) is 0 Å². The van der Waals surface area contributed by atoms with Crippen molar-refractivity contribution in [3.05, 3.63) is 12.2 Å². The second-order valence-corrected chi connectivity index (χ2v) is 6.10. The number of ether oxygens (including phenoxy) is 1. The molecule has 130 valence electrons. The van der Waals surface area contributed by atoms with Gasteiger partial charge < -0.3 is 9.84 Å². The van der Waals surface area contributed by atoms with Crippen LogP contribution < -0.4 is 0 Å². The van der Waals surface area contributed by atoms with Gasteiger partial charge in [0.1, 0.15) is 0 Å². The van der Waals surface area contributed by atoms with E-state index in [1.54, 1.807) is 0 Å². The maximum atomic E-state index is 11.7. The van der Waals surface area contributed by atoms with E-state index < -0.39 is 0 Å². The van der Waals surface area contributed by atoms with Gasteiger partial charge in [0.05, 0.1) is 6.61 Å². The Bertz CT molecular complexity index is 274. The summed E-state index contributed by atoms with van der Waals surface area (Å²) in [5.41, 5.74) is 0.612. The second-order valence-electron chi connectivity index (χ2n) is 6.10. The Kier molecular flexibility index (Phi) is 15.9. The topological polar surface area (TPSA) is 46.5 Å². The molecule has 1 N–H and O–H groups in total. The number of aliphatic hydroxyl groups excluding tert-OH is 1. The Morgan fingerprint density at radius 3 is 2.05 bits per heavy atom. The number of unbranched alkanes of at least 4 members (excludes halogenated alkanes) is 10. The summed E-state index contributed by atoms with van der Waals surface area (Å²) in [4.78, 5) is 11.7. The van der Waals surface area contributed by atoms with Crippen molar-refractivity contribution in [1.29, 1.82) is 0 Å². The molecule has 0 radical (unpaired) electrons. The highest BCUT2D eigenvalue weighted by molar-refractivity contribution is 5.87. The molecule has 0 amide bonds. The van der Waals surface area contributed by atoms with E-state index >= 15 is 0 Å². The van der Waals surface area contributed by atoms with E-state index in [0.717, 1.165) is 38.5 Å². The summed E-state index contributed by atoms with van der Waals surface area (Å²) < 4.78 is 5.21. The fourth-order valence-electron chi connectivity index (χ4n) is 2.41. The van der Waals surface area contributed by atoms with Crippen LogP contribution in [0.3, 0.4) is 0 Å². The van der Waals surface area contributed by atoms with Gasteiger partial charge >= 0.3 is 5.97 Å². The van der Waals surface area contributed by atoms with Crippen LogP contribution in [0.2, 0.25) is 0 Å². The van der Waals surface area contributed by atoms with Gasteiger partial charge in [-0.25, -0.2) is 4.79 Å². The van der Waals surface area contributed by atoms with Crippen molar-refractivity contribution in [2.24, 2.45) is 0 Å². The predicted octanol–water partition coefficient (Wildman–Crippen LogP) is 5.17. The molecule has 0 bridgehead atoms. The Morgan fingerprint density at radius 1 is 0.864 bits per heavy atom. The fourth-order valence-corrected chi connectivity index (χ4v) is 2.41. The highest BCUT2D eigenvalue weighted by Gasteiger charge is 2.07. The quantitative estimate of drug-likeness (QED) is 0.243. The number of hydrogen-bond donors (Lipinski definition) is 1. The SMILES string of the molecule is C=C(CCCCCCCCCC)C(=O)OCCCCCCO. The zero-order valence-electron chi connectivity index (χ0n) is 14.6. The third kappa shape index (κ3) is 14.1. The second kappa shape index (κ2) is 16.5. The van der Waals surface area contributed by atoms with Crippen molar-refractivity contribution in [3.63, 3.8) is 0 Å². The third-order valence-electron chi connectivity index (χ3n) is 3.91. The van der Waals surface area contributed by atoms with Gasteiger partial charge in [-0.15, -0.1) is 0 Å². The highest BCUT2D eigenvalue weighted by atomic mass is 16.5. The molecule has 0 saturated heterocycles. The first kappa shape index (κ1) is 21.2. The van der Waals surface area contributed by atoms with Gasteiger partial charge in [-0.3, -0.25) is 0 Å². The number of aliphatic hydroxyl groups is 1. The number of hydrogen-bond acceptors (Lipinski definition) is 3. The Hall–Kier alpha value is -0.830. The van der Waals surface area contributed by atoms with Crippen molar-refractivity contribution in [2.75, 3.05) is 13.2 Å². The minimum absolute atomic E-state index is 0.231. The summed E-state index contributed by atoms with van der Waals surface area (Å²) in [6.45, 7) is 6.79. The van der Waals surface area contributed by atoms with Crippen molar-refractivity contribution < 1.29 is 14.6 Å². The molecule has 3 nitrogen and oxygen atoms in total. The van der Waals surface area contributed by atoms with Gasteiger partial charge in [-0.1, -0.05) is 64.9 Å². The summed E-state index contributed by atoms with van der Waals surface area (Å²) in [5.74, 6) is -0.231. The highest BCUT2D eigenvalue weighted by Crippen LogP contribution is 2.13. The molecule has 0 aliphatic heterocycles. The van der Waals surface area contributed by atoms with E-state index in [2.05, 4.69) is 13.5 Å². The van der Waals surface area contributed by atoms with E-state index in [0.29, 0.717) is 12.2 Å². The summed E-state index contributed by atoms with van der Waals surface area (Å²) in [6.07, 6.45) is 14.6. The summed E-state index contributed by atoms with van der Waals surface area (Å²) in [7, 11) is 0. The molecule has 0 heterocycles. The lowest BCUT2D eigenvalue weighted by Crippen LogP contribution is -2.08. The molecule has 0 fully saturated rings. The van der Waals surface area contributed by atoms with Crippen molar-refractivity contribution in [3.8, 4) is 0 Å². The van der Waals surface area contributed by atoms with Crippen LogP contribution in [0.5, 0.6) is 0 Å². The van der Waals surface area contributed by atoms with E-state index in [1.165, 1.54) is 44.9 Å². The van der Waals surface area contributed by atoms with Crippen LogP contribution in [0.15, 0.2) is 12.2 Å². The van der Waals surface area contributed by atoms with Gasteiger partial charge in [0.15, 0.2) is 0 Å². The lowest BCUT2D eigenvalue weighted by Gasteiger charge is -2.07. The minimum Gasteiger partial charge on any atom is -0.462 e. The average Bonchev–Trinajstić information content (AvgIpc) is 2.52. The molecule has 0 aromatic heterocycles. The molecule has 0 aromatic rings. The molecule has 0 unspecified atom stereocenters. The molecule has 0 atom stereocenters. The zero-order chi connectivity index (χ0) is 16.5. The number of carbonyl (C=O) groups is 1. The lowest BCUT2D eigenvalue weighted by molar-refractivity contribution is -0.139. The molecule has 3 heteroatoms. The molecule has 0 aliphatic rings. The van der Waals surface area contributed by atoms with Crippen LogP contribution in [0.25, 0.3) is 0 Å². The van der Waals surface area contributed by atoms with E-state index in [-0.39, 0.29) is 12.6 Å². The Labute approximate surface area is 137 Å². The monoisotopic (exact) mass is 312 g/mol. The van der Waals surface area contributed by atoms with Crippen LogP contribution in [-0.2, 0) is 9.53 Å². The molecule has 0 rings (SSSR count). The molecule has 0 spiro atoms. The molecule has 0 aromatic carbocycles. The fraction of sp³-hybridized carbons (Fsp3) is 0.842. The van der Waals surface area contributed by atoms with E-state index in [4.69, 9.17) is 9.84 Å². The van der Waals surface area contributed by atoms with Gasteiger partial charge in [0.25, 0.3) is 0 Å². The summed E-state index contributed by atoms with van der Waals surface area (Å²) >= 11 is 0. The number of carbonyl (C=O) groups excluding carboxylic acids is 1. The van der Waals surface area contributed by atoms with Crippen LogP contribution >= 0.6 is 0 Å². The van der Waals surface area contributed by atoms with Gasteiger partial charge in [0, 0.05) is 12.2 Å². The lowest BCUT2D eigenvalue weighted by atomic mass is 10.1. The number of esters is 1. The largest absolute Gasteiger partial charge is 0.462 e. The predicted molar refractivity (Wildman–Crippen MR) is 92.9 cm³/mol. The molecular weight excluding hydrogens is 276 g/mol. The van der Waals surface area contributed by atoms with E-state index in [1.807, 2.05) is 0 Å². The van der Waals surface area contributed by atoms with Crippen LogP contribution in [0.4, 0.5) is 0 Å². The maximum absolute atomic E-state index is 11.7.